The second-order valence-electron chi connectivity index (χ2n) is 2.95. The Morgan fingerprint density at radius 2 is 0.789 bits per heavy atom. The molecule has 102 valence electrons. The first-order valence-electron chi connectivity index (χ1n) is 4.47. The predicted octanol–water partition coefficient (Wildman–Crippen LogP) is -1.69. The van der Waals surface area contributed by atoms with Gasteiger partial charge in [0.2, 0.25) is 0 Å². The molecule has 0 radical (unpaired) electrons. The number of hydrogen-bond donors (Lipinski definition) is 2. The third kappa shape index (κ3) is 12.0. The van der Waals surface area contributed by atoms with E-state index in [2.05, 4.69) is 31.9 Å². The fourth-order valence-corrected chi connectivity index (χ4v) is 1.41. The summed E-state index contributed by atoms with van der Waals surface area (Å²) in [5.74, 6) is 0.599. The molecule has 0 aromatic heterocycles. The van der Waals surface area contributed by atoms with Crippen LogP contribution < -0.4 is 24.8 Å². The van der Waals surface area contributed by atoms with Crippen LogP contribution in [-0.4, -0.2) is 10.2 Å². The fourth-order valence-electron chi connectivity index (χ4n) is 0.882. The van der Waals surface area contributed by atoms with Crippen LogP contribution in [0, 0.1) is 0 Å². The van der Waals surface area contributed by atoms with Gasteiger partial charge in [-0.2, -0.15) is 0 Å². The molecular formula is C12H10Br2Cl2O2Zr. The summed E-state index contributed by atoms with van der Waals surface area (Å²) in [6, 6.07) is 13.7. The third-order valence-electron chi connectivity index (χ3n) is 1.65. The minimum Gasteiger partial charge on any atom is -1.00 e. The average molecular weight is 508 g/mol. The molecule has 0 aliphatic carbocycles. The molecule has 7 heteroatoms. The Kier molecular flexibility index (Phi) is 17.3. The Morgan fingerprint density at radius 1 is 0.579 bits per heavy atom. The van der Waals surface area contributed by atoms with Crippen LogP contribution in [0.3, 0.4) is 0 Å². The zero-order chi connectivity index (χ0) is 12.0. The van der Waals surface area contributed by atoms with Crippen LogP contribution in [-0.2, 0) is 26.2 Å². The van der Waals surface area contributed by atoms with Crippen LogP contribution in [0.1, 0.15) is 0 Å². The molecule has 2 aromatic rings. The summed E-state index contributed by atoms with van der Waals surface area (Å²) in [6.07, 6.45) is 0. The molecule has 0 bridgehead atoms. The van der Waals surface area contributed by atoms with Gasteiger partial charge in [-0.15, -0.1) is 0 Å². The Morgan fingerprint density at radius 3 is 0.947 bits per heavy atom. The second kappa shape index (κ2) is 13.4. The van der Waals surface area contributed by atoms with Crippen molar-refractivity contribution in [3.05, 3.63) is 57.5 Å². The van der Waals surface area contributed by atoms with E-state index >= 15 is 0 Å². The second-order valence-corrected chi connectivity index (χ2v) is 4.78. The van der Waals surface area contributed by atoms with Crippen molar-refractivity contribution in [1.82, 2.24) is 0 Å². The standard InChI is InChI=1S/2C6H5BrO.2ClH.Zr/c2*7-5-1-3-6(8)4-2-5;;;/h2*1-4,8H;2*1H;/q;;;;+2/p-2. The van der Waals surface area contributed by atoms with Crippen LogP contribution in [0.15, 0.2) is 57.5 Å². The Hall–Kier alpha value is 0.463. The van der Waals surface area contributed by atoms with Gasteiger partial charge in [0.1, 0.15) is 11.5 Å². The van der Waals surface area contributed by atoms with Crippen molar-refractivity contribution in [2.24, 2.45) is 0 Å². The first-order valence-corrected chi connectivity index (χ1v) is 6.05. The quantitative estimate of drug-likeness (QED) is 0.447. The summed E-state index contributed by atoms with van der Waals surface area (Å²) >= 11 is 6.47. The molecule has 0 heterocycles. The topological polar surface area (TPSA) is 40.5 Å². The SMILES string of the molecule is Oc1ccc(Br)cc1.Oc1ccc(Br)cc1.[Cl-].[Cl-].[Zr+2]. The zero-order valence-electron chi connectivity index (χ0n) is 9.53. The van der Waals surface area contributed by atoms with E-state index in [1.165, 1.54) is 0 Å². The third-order valence-corrected chi connectivity index (χ3v) is 2.71. The first-order chi connectivity index (χ1) is 7.58. The molecule has 0 saturated carbocycles. The van der Waals surface area contributed by atoms with E-state index in [9.17, 15) is 0 Å². The number of aromatic hydroxyl groups is 2. The van der Waals surface area contributed by atoms with Crippen molar-refractivity contribution >= 4 is 31.9 Å². The molecule has 0 aliphatic heterocycles. The Balaban J connectivity index is -0.000000233. The van der Waals surface area contributed by atoms with Gasteiger partial charge in [-0.25, -0.2) is 0 Å². The largest absolute Gasteiger partial charge is 2.00 e. The van der Waals surface area contributed by atoms with Gasteiger partial charge < -0.3 is 35.0 Å². The van der Waals surface area contributed by atoms with Gasteiger partial charge in [-0.3, -0.25) is 0 Å². The zero-order valence-corrected chi connectivity index (χ0v) is 16.7. The maximum absolute atomic E-state index is 8.74. The van der Waals surface area contributed by atoms with E-state index in [0.717, 1.165) is 8.95 Å². The first kappa shape index (κ1) is 24.5. The molecule has 0 saturated heterocycles. The van der Waals surface area contributed by atoms with Crippen molar-refractivity contribution in [3.63, 3.8) is 0 Å². The van der Waals surface area contributed by atoms with Crippen molar-refractivity contribution in [2.75, 3.05) is 0 Å². The van der Waals surface area contributed by atoms with Gasteiger partial charge in [-0.05, 0) is 48.5 Å². The van der Waals surface area contributed by atoms with Crippen LogP contribution in [0.4, 0.5) is 0 Å². The van der Waals surface area contributed by atoms with Crippen molar-refractivity contribution < 1.29 is 61.2 Å². The van der Waals surface area contributed by atoms with Crippen molar-refractivity contribution in [2.45, 2.75) is 0 Å². The summed E-state index contributed by atoms with van der Waals surface area (Å²) in [4.78, 5) is 0. The Bertz CT molecular complexity index is 353. The number of phenols is 2. The summed E-state index contributed by atoms with van der Waals surface area (Å²) in [5, 5.41) is 17.5. The van der Waals surface area contributed by atoms with Crippen molar-refractivity contribution in [3.8, 4) is 11.5 Å². The van der Waals surface area contributed by atoms with Gasteiger partial charge in [0.15, 0.2) is 0 Å². The van der Waals surface area contributed by atoms with Gasteiger partial charge in [0, 0.05) is 8.95 Å². The van der Waals surface area contributed by atoms with Crippen LogP contribution in [0.25, 0.3) is 0 Å². The summed E-state index contributed by atoms with van der Waals surface area (Å²) < 4.78 is 1.96. The fraction of sp³-hybridized carbons (Fsp3) is 0. The van der Waals surface area contributed by atoms with E-state index < -0.39 is 0 Å². The molecule has 0 spiro atoms. The van der Waals surface area contributed by atoms with Gasteiger partial charge in [0.25, 0.3) is 0 Å². The molecule has 2 aromatic carbocycles. The summed E-state index contributed by atoms with van der Waals surface area (Å²) in [7, 11) is 0. The molecule has 19 heavy (non-hydrogen) atoms. The van der Waals surface area contributed by atoms with Crippen LogP contribution in [0.2, 0.25) is 0 Å². The summed E-state index contributed by atoms with van der Waals surface area (Å²) in [6.45, 7) is 0. The van der Waals surface area contributed by atoms with Gasteiger partial charge in [-0.1, -0.05) is 31.9 Å². The maximum atomic E-state index is 8.74. The molecule has 0 fully saturated rings. The van der Waals surface area contributed by atoms with E-state index in [-0.39, 0.29) is 51.0 Å². The molecule has 2 rings (SSSR count). The van der Waals surface area contributed by atoms with Gasteiger partial charge in [0.05, 0.1) is 0 Å². The van der Waals surface area contributed by atoms with Gasteiger partial charge >= 0.3 is 26.2 Å². The predicted molar refractivity (Wildman–Crippen MR) is 71.6 cm³/mol. The minimum absolute atomic E-state index is 0. The number of phenolic OH excluding ortho intramolecular Hbond substituents is 2. The number of halogens is 4. The molecule has 2 N–H and O–H groups in total. The van der Waals surface area contributed by atoms with Crippen molar-refractivity contribution in [1.29, 1.82) is 0 Å². The van der Waals surface area contributed by atoms with E-state index in [1.807, 2.05) is 0 Å². The maximum Gasteiger partial charge on any atom is 2.00 e. The molecule has 0 aliphatic rings. The normalized spacial score (nSPS) is 7.68. The molecule has 0 amide bonds. The summed E-state index contributed by atoms with van der Waals surface area (Å²) in [5.41, 5.74) is 0. The number of hydrogen-bond acceptors (Lipinski definition) is 2. The van der Waals surface area contributed by atoms with Crippen LogP contribution >= 0.6 is 31.9 Å². The van der Waals surface area contributed by atoms with E-state index in [1.54, 1.807) is 48.5 Å². The number of benzene rings is 2. The monoisotopic (exact) mass is 504 g/mol. The van der Waals surface area contributed by atoms with Crippen LogP contribution in [0.5, 0.6) is 11.5 Å². The molecule has 0 unspecified atom stereocenters. The molecular weight excluding hydrogens is 498 g/mol. The average Bonchev–Trinajstić information content (AvgIpc) is 2.28. The molecule has 2 nitrogen and oxygen atoms in total. The smallest absolute Gasteiger partial charge is 1.00 e. The number of rotatable bonds is 0. The molecule has 0 atom stereocenters. The van der Waals surface area contributed by atoms with E-state index in [4.69, 9.17) is 10.2 Å². The Labute approximate surface area is 160 Å². The minimum atomic E-state index is 0. The van der Waals surface area contributed by atoms with E-state index in [0.29, 0.717) is 11.5 Å².